The number of carbonyl (C=O) groups is 5. The molecule has 1 aliphatic heterocycles. The molecule has 0 saturated heterocycles. The quantitative estimate of drug-likeness (QED) is 0.208. The SMILES string of the molecule is CC(C)C[C@@H](C(=O)O)N1C/C=C\CN(C(=O)CNC(=O)CNC(=O)[C@@H](N)Cc2ccc(O)cc2)[C@@H](Cc2ccccc2)C1=O. The van der Waals surface area contributed by atoms with Crippen LogP contribution in [0.2, 0.25) is 0 Å². The van der Waals surface area contributed by atoms with Crippen molar-refractivity contribution in [3.05, 3.63) is 77.9 Å². The third-order valence-electron chi connectivity index (χ3n) is 7.25. The monoisotopic (exact) mass is 607 g/mol. The van der Waals surface area contributed by atoms with Crippen molar-refractivity contribution in [3.8, 4) is 5.75 Å². The number of nitrogens with two attached hydrogens (primary N) is 1. The molecule has 1 heterocycles. The van der Waals surface area contributed by atoms with Gasteiger partial charge in [0.25, 0.3) is 0 Å². The van der Waals surface area contributed by atoms with E-state index in [1.807, 2.05) is 44.2 Å². The van der Waals surface area contributed by atoms with Crippen LogP contribution in [0, 0.1) is 5.92 Å². The lowest BCUT2D eigenvalue weighted by Gasteiger charge is -2.38. The number of phenolic OH excluding ortho intramolecular Hbond substituents is 1. The van der Waals surface area contributed by atoms with Crippen molar-refractivity contribution in [2.45, 2.75) is 51.2 Å². The lowest BCUT2D eigenvalue weighted by molar-refractivity contribution is -0.155. The van der Waals surface area contributed by atoms with Gasteiger partial charge in [-0.05, 0) is 42.0 Å². The normalized spacial score (nSPS) is 17.3. The largest absolute Gasteiger partial charge is 0.508 e. The van der Waals surface area contributed by atoms with Gasteiger partial charge < -0.3 is 36.4 Å². The summed E-state index contributed by atoms with van der Waals surface area (Å²) < 4.78 is 0. The molecule has 0 fully saturated rings. The van der Waals surface area contributed by atoms with Crippen LogP contribution in [0.25, 0.3) is 0 Å². The standard InChI is InChI=1S/C32H41N5O7/c1-21(2)16-27(32(43)44)37-15-7-6-14-36(26(31(37)42)18-22-8-4-3-5-9-22)29(40)20-34-28(39)19-35-30(41)25(33)17-23-10-12-24(38)13-11-23/h3-13,21,25-27,38H,14-20,33H2,1-2H3,(H,34,39)(H,35,41)(H,43,44)/b7-6-/t25-,26-,27-/m0/s1. The minimum absolute atomic E-state index is 0.0155. The van der Waals surface area contributed by atoms with E-state index in [1.54, 1.807) is 24.3 Å². The fourth-order valence-corrected chi connectivity index (χ4v) is 4.93. The summed E-state index contributed by atoms with van der Waals surface area (Å²) in [5, 5.41) is 24.3. The number of carboxylic acid groups (broad SMARTS) is 1. The molecule has 0 unspecified atom stereocenters. The van der Waals surface area contributed by atoms with Gasteiger partial charge in [-0.3, -0.25) is 19.2 Å². The lowest BCUT2D eigenvalue weighted by atomic mass is 9.98. The highest BCUT2D eigenvalue weighted by Crippen LogP contribution is 2.20. The zero-order valence-corrected chi connectivity index (χ0v) is 25.0. The van der Waals surface area contributed by atoms with Crippen molar-refractivity contribution < 1.29 is 34.2 Å². The van der Waals surface area contributed by atoms with E-state index in [9.17, 15) is 34.2 Å². The summed E-state index contributed by atoms with van der Waals surface area (Å²) in [7, 11) is 0. The van der Waals surface area contributed by atoms with Gasteiger partial charge in [-0.25, -0.2) is 4.79 Å². The summed E-state index contributed by atoms with van der Waals surface area (Å²) in [6, 6.07) is 12.4. The number of aromatic hydroxyl groups is 1. The summed E-state index contributed by atoms with van der Waals surface area (Å²) in [5.74, 6) is -3.21. The van der Waals surface area contributed by atoms with Crippen LogP contribution in [-0.4, -0.2) is 93.9 Å². The van der Waals surface area contributed by atoms with Crippen LogP contribution in [0.1, 0.15) is 31.4 Å². The molecule has 12 nitrogen and oxygen atoms in total. The molecule has 44 heavy (non-hydrogen) atoms. The van der Waals surface area contributed by atoms with E-state index >= 15 is 0 Å². The Morgan fingerprint density at radius 1 is 0.932 bits per heavy atom. The molecule has 12 heteroatoms. The minimum atomic E-state index is -1.12. The number of nitrogens with one attached hydrogen (secondary N) is 2. The Labute approximate surface area is 256 Å². The number of hydrogen-bond acceptors (Lipinski definition) is 7. The van der Waals surface area contributed by atoms with Gasteiger partial charge in [-0.2, -0.15) is 0 Å². The fraction of sp³-hybridized carbons (Fsp3) is 0.406. The number of rotatable bonds is 13. The van der Waals surface area contributed by atoms with Crippen molar-refractivity contribution in [2.75, 3.05) is 26.2 Å². The van der Waals surface area contributed by atoms with E-state index in [2.05, 4.69) is 10.6 Å². The van der Waals surface area contributed by atoms with Crippen LogP contribution >= 0.6 is 0 Å². The molecule has 4 amide bonds. The van der Waals surface area contributed by atoms with Gasteiger partial charge >= 0.3 is 5.97 Å². The molecule has 0 spiro atoms. The van der Waals surface area contributed by atoms with E-state index in [0.717, 1.165) is 11.1 Å². The number of aliphatic carboxylic acids is 1. The lowest BCUT2D eigenvalue weighted by Crippen LogP contribution is -2.58. The molecule has 3 rings (SSSR count). The Balaban J connectivity index is 1.67. The van der Waals surface area contributed by atoms with Gasteiger partial charge in [-0.1, -0.05) is 68.5 Å². The molecule has 6 N–H and O–H groups in total. The second kappa shape index (κ2) is 16.2. The average molecular weight is 608 g/mol. The van der Waals surface area contributed by atoms with Crippen molar-refractivity contribution >= 4 is 29.6 Å². The molecule has 0 aromatic heterocycles. The molecule has 1 aliphatic rings. The van der Waals surface area contributed by atoms with E-state index < -0.39 is 60.8 Å². The number of hydrogen-bond donors (Lipinski definition) is 5. The van der Waals surface area contributed by atoms with Crippen molar-refractivity contribution in [3.63, 3.8) is 0 Å². The van der Waals surface area contributed by atoms with Gasteiger partial charge in [0.1, 0.15) is 17.8 Å². The first-order valence-corrected chi connectivity index (χ1v) is 14.6. The third-order valence-corrected chi connectivity index (χ3v) is 7.25. The average Bonchev–Trinajstić information content (AvgIpc) is 2.99. The summed E-state index contributed by atoms with van der Waals surface area (Å²) in [4.78, 5) is 67.1. The van der Waals surface area contributed by atoms with E-state index in [0.29, 0.717) is 0 Å². The number of amides is 4. The van der Waals surface area contributed by atoms with E-state index in [-0.39, 0.29) is 44.0 Å². The molecule has 0 bridgehead atoms. The third kappa shape index (κ3) is 9.94. The molecule has 3 atom stereocenters. The minimum Gasteiger partial charge on any atom is -0.508 e. The maximum absolute atomic E-state index is 13.9. The van der Waals surface area contributed by atoms with Gasteiger partial charge in [0.15, 0.2) is 0 Å². The predicted octanol–water partition coefficient (Wildman–Crippen LogP) is 0.832. The zero-order chi connectivity index (χ0) is 32.2. The van der Waals surface area contributed by atoms with E-state index in [1.165, 1.54) is 21.9 Å². The topological polar surface area (TPSA) is 182 Å². The van der Waals surface area contributed by atoms with Gasteiger partial charge in [0.05, 0.1) is 19.1 Å². The molecule has 0 radical (unpaired) electrons. The molecule has 0 aliphatic carbocycles. The first-order chi connectivity index (χ1) is 21.0. The van der Waals surface area contributed by atoms with Crippen molar-refractivity contribution in [2.24, 2.45) is 11.7 Å². The molecule has 0 saturated carbocycles. The number of carbonyl (C=O) groups excluding carboxylic acids is 4. The van der Waals surface area contributed by atoms with Gasteiger partial charge in [-0.15, -0.1) is 0 Å². The summed E-state index contributed by atoms with van der Waals surface area (Å²) in [6.07, 6.45) is 3.99. The van der Waals surface area contributed by atoms with Crippen LogP contribution in [0.3, 0.4) is 0 Å². The van der Waals surface area contributed by atoms with Crippen LogP contribution in [0.4, 0.5) is 0 Å². The van der Waals surface area contributed by atoms with Crippen molar-refractivity contribution in [1.82, 2.24) is 20.4 Å². The Hall–Kier alpha value is -4.71. The predicted molar refractivity (Wildman–Crippen MR) is 163 cm³/mol. The maximum atomic E-state index is 13.9. The molecular formula is C32H41N5O7. The summed E-state index contributed by atoms with van der Waals surface area (Å²) in [5.41, 5.74) is 7.47. The highest BCUT2D eigenvalue weighted by molar-refractivity contribution is 5.93. The zero-order valence-electron chi connectivity index (χ0n) is 25.0. The number of benzene rings is 2. The number of nitrogens with zero attached hydrogens (tertiary/aromatic N) is 2. The van der Waals surface area contributed by atoms with Gasteiger partial charge in [0.2, 0.25) is 23.6 Å². The summed E-state index contributed by atoms with van der Waals surface area (Å²) >= 11 is 0. The molecule has 2 aromatic rings. The maximum Gasteiger partial charge on any atom is 0.326 e. The first kappa shape index (κ1) is 33.8. The Morgan fingerprint density at radius 3 is 2.23 bits per heavy atom. The number of carboxylic acids is 1. The first-order valence-electron chi connectivity index (χ1n) is 14.6. The van der Waals surface area contributed by atoms with Crippen LogP contribution in [0.15, 0.2) is 66.7 Å². The second-order valence-electron chi connectivity index (χ2n) is 11.2. The van der Waals surface area contributed by atoms with Crippen molar-refractivity contribution in [1.29, 1.82) is 0 Å². The molecule has 2 aromatic carbocycles. The van der Waals surface area contributed by atoms with Crippen LogP contribution in [0.5, 0.6) is 5.75 Å². The second-order valence-corrected chi connectivity index (χ2v) is 11.2. The van der Waals surface area contributed by atoms with Gasteiger partial charge in [0, 0.05) is 19.5 Å². The highest BCUT2D eigenvalue weighted by Gasteiger charge is 2.38. The molecular weight excluding hydrogens is 566 g/mol. The van der Waals surface area contributed by atoms with E-state index in [4.69, 9.17) is 5.73 Å². The number of phenols is 1. The summed E-state index contributed by atoms with van der Waals surface area (Å²) in [6.45, 7) is 3.11. The Kier molecular flexibility index (Phi) is 12.5. The highest BCUT2D eigenvalue weighted by atomic mass is 16.4. The Morgan fingerprint density at radius 2 is 1.59 bits per heavy atom. The fourth-order valence-electron chi connectivity index (χ4n) is 4.93. The smallest absolute Gasteiger partial charge is 0.326 e. The van der Waals surface area contributed by atoms with Crippen LogP contribution in [-0.2, 0) is 36.8 Å². The Bertz CT molecular complexity index is 1330. The van der Waals surface area contributed by atoms with Crippen LogP contribution < -0.4 is 16.4 Å². The molecule has 236 valence electrons.